The normalized spacial score (nSPS) is 10.7. The molecule has 0 radical (unpaired) electrons. The van der Waals surface area contributed by atoms with Crippen LogP contribution in [0.5, 0.6) is 0 Å². The number of ketones is 1. The smallest absolute Gasteiger partial charge is 0.225 e. The Morgan fingerprint density at radius 3 is 2.56 bits per heavy atom. The summed E-state index contributed by atoms with van der Waals surface area (Å²) in [6, 6.07) is 11.2. The molecule has 16 heavy (non-hydrogen) atoms. The molecule has 0 aliphatic heterocycles. The van der Waals surface area contributed by atoms with Crippen molar-refractivity contribution in [2.45, 2.75) is 3.74 Å². The fraction of sp³-hybridized carbons (Fsp3) is 0.0909. The van der Waals surface area contributed by atoms with Crippen molar-refractivity contribution >= 4 is 37.6 Å². The molecule has 0 aliphatic carbocycles. The molecule has 0 bridgehead atoms. The molecule has 2 rings (SSSR count). The van der Waals surface area contributed by atoms with E-state index in [9.17, 15) is 4.79 Å². The number of benzene rings is 1. The number of aromatic nitrogens is 1. The maximum absolute atomic E-state index is 11.6. The van der Waals surface area contributed by atoms with Gasteiger partial charge in [0.1, 0.15) is 9.43 Å². The van der Waals surface area contributed by atoms with E-state index >= 15 is 0 Å². The van der Waals surface area contributed by atoms with E-state index in [1.54, 1.807) is 6.07 Å². The number of carbonyl (C=O) groups is 1. The van der Waals surface area contributed by atoms with Gasteiger partial charge in [-0.25, -0.2) is 0 Å². The first-order chi connectivity index (χ1) is 7.68. The Morgan fingerprint density at radius 1 is 1.25 bits per heavy atom. The molecule has 0 amide bonds. The van der Waals surface area contributed by atoms with Crippen molar-refractivity contribution in [3.63, 3.8) is 0 Å². The summed E-state index contributed by atoms with van der Waals surface area (Å²) in [6.45, 7) is 0. The molecule has 0 aliphatic rings. The lowest BCUT2D eigenvalue weighted by molar-refractivity contribution is 0.0978. The highest BCUT2D eigenvalue weighted by atomic mass is 79.9. The lowest BCUT2D eigenvalue weighted by atomic mass is 10.1. The van der Waals surface area contributed by atoms with E-state index in [1.807, 2.05) is 30.3 Å². The first-order valence-electron chi connectivity index (χ1n) is 4.53. The molecule has 0 atom stereocenters. The summed E-state index contributed by atoms with van der Waals surface area (Å²) in [4.78, 5) is 11.6. The van der Waals surface area contributed by atoms with Gasteiger partial charge in [0.05, 0.1) is 0 Å². The minimum atomic E-state index is -0.448. The Labute approximate surface area is 109 Å². The van der Waals surface area contributed by atoms with Crippen LogP contribution in [0.2, 0.25) is 0 Å². The number of alkyl halides is 2. The highest BCUT2D eigenvalue weighted by Gasteiger charge is 2.19. The molecule has 0 spiro atoms. The number of halogens is 2. The Hall–Kier alpha value is -0.940. The van der Waals surface area contributed by atoms with Gasteiger partial charge in [-0.2, -0.15) is 0 Å². The average molecular weight is 345 g/mol. The molecule has 5 heteroatoms. The summed E-state index contributed by atoms with van der Waals surface area (Å²) >= 11 is 6.24. The van der Waals surface area contributed by atoms with E-state index in [0.29, 0.717) is 5.69 Å². The Bertz CT molecular complexity index is 494. The van der Waals surface area contributed by atoms with Crippen LogP contribution in [0.25, 0.3) is 11.3 Å². The molecule has 1 aromatic heterocycles. The molecule has 0 N–H and O–H groups in total. The van der Waals surface area contributed by atoms with Crippen molar-refractivity contribution in [2.24, 2.45) is 0 Å². The summed E-state index contributed by atoms with van der Waals surface area (Å²) < 4.78 is 4.53. The van der Waals surface area contributed by atoms with E-state index in [-0.39, 0.29) is 11.5 Å². The van der Waals surface area contributed by atoms with Crippen LogP contribution in [-0.2, 0) is 0 Å². The molecular formula is C11H7Br2NO2. The quantitative estimate of drug-likeness (QED) is 0.630. The molecule has 0 saturated heterocycles. The Balaban J connectivity index is 2.30. The maximum Gasteiger partial charge on any atom is 0.225 e. The van der Waals surface area contributed by atoms with Gasteiger partial charge < -0.3 is 4.52 Å². The maximum atomic E-state index is 11.6. The third-order valence-electron chi connectivity index (χ3n) is 2.02. The van der Waals surface area contributed by atoms with Crippen LogP contribution in [0, 0.1) is 0 Å². The van der Waals surface area contributed by atoms with Gasteiger partial charge in [0.2, 0.25) is 11.5 Å². The minimum absolute atomic E-state index is 0.185. The second-order valence-electron chi connectivity index (χ2n) is 3.11. The van der Waals surface area contributed by atoms with E-state index in [2.05, 4.69) is 37.0 Å². The predicted molar refractivity (Wildman–Crippen MR) is 67.9 cm³/mol. The van der Waals surface area contributed by atoms with Crippen LogP contribution >= 0.6 is 31.9 Å². The number of nitrogens with zero attached hydrogens (tertiary/aromatic N) is 1. The highest BCUT2D eigenvalue weighted by Crippen LogP contribution is 2.22. The fourth-order valence-corrected chi connectivity index (χ4v) is 1.70. The molecule has 1 aromatic carbocycles. The van der Waals surface area contributed by atoms with Gasteiger partial charge in [0.15, 0.2) is 0 Å². The molecular weight excluding hydrogens is 338 g/mol. The van der Waals surface area contributed by atoms with Crippen molar-refractivity contribution < 1.29 is 9.32 Å². The average Bonchev–Trinajstić information content (AvgIpc) is 2.78. The number of rotatable bonds is 3. The summed E-state index contributed by atoms with van der Waals surface area (Å²) in [6.07, 6.45) is 0. The first kappa shape index (κ1) is 11.5. The summed E-state index contributed by atoms with van der Waals surface area (Å²) in [5, 5.41) is 3.85. The Morgan fingerprint density at radius 2 is 1.94 bits per heavy atom. The third-order valence-corrected chi connectivity index (χ3v) is 2.85. The second kappa shape index (κ2) is 4.93. The van der Waals surface area contributed by atoms with Crippen LogP contribution in [0.3, 0.4) is 0 Å². The molecule has 3 nitrogen and oxygen atoms in total. The van der Waals surface area contributed by atoms with Crippen molar-refractivity contribution in [3.05, 3.63) is 42.2 Å². The van der Waals surface area contributed by atoms with Gasteiger partial charge in [0, 0.05) is 11.6 Å². The largest absolute Gasteiger partial charge is 0.352 e. The SMILES string of the molecule is O=C(c1cc(-c2ccccc2)no1)C(Br)Br. The van der Waals surface area contributed by atoms with Crippen LogP contribution in [0.4, 0.5) is 0 Å². The highest BCUT2D eigenvalue weighted by molar-refractivity contribution is 9.25. The van der Waals surface area contributed by atoms with Crippen molar-refractivity contribution in [1.82, 2.24) is 5.16 Å². The van der Waals surface area contributed by atoms with Gasteiger partial charge in [0.25, 0.3) is 0 Å². The number of Topliss-reactive ketones (excluding diaryl/α,β-unsaturated/α-hetero) is 1. The van der Waals surface area contributed by atoms with Crippen molar-refractivity contribution in [3.8, 4) is 11.3 Å². The second-order valence-corrected chi connectivity index (χ2v) is 6.17. The zero-order valence-electron chi connectivity index (χ0n) is 8.06. The monoisotopic (exact) mass is 343 g/mol. The van der Waals surface area contributed by atoms with Gasteiger partial charge in [-0.05, 0) is 0 Å². The van der Waals surface area contributed by atoms with Crippen LogP contribution < -0.4 is 0 Å². The van der Waals surface area contributed by atoms with E-state index in [4.69, 9.17) is 4.52 Å². The molecule has 1 heterocycles. The van der Waals surface area contributed by atoms with Gasteiger partial charge in [-0.1, -0.05) is 67.3 Å². The number of hydrogen-bond acceptors (Lipinski definition) is 3. The van der Waals surface area contributed by atoms with Gasteiger partial charge in [-0.3, -0.25) is 4.79 Å². The minimum Gasteiger partial charge on any atom is -0.352 e. The van der Waals surface area contributed by atoms with Gasteiger partial charge in [-0.15, -0.1) is 0 Å². The lowest BCUT2D eigenvalue weighted by Gasteiger charge is -1.93. The summed E-state index contributed by atoms with van der Waals surface area (Å²) in [7, 11) is 0. The van der Waals surface area contributed by atoms with Crippen LogP contribution in [-0.4, -0.2) is 14.7 Å². The van der Waals surface area contributed by atoms with E-state index in [0.717, 1.165) is 5.56 Å². The summed E-state index contributed by atoms with van der Waals surface area (Å²) in [5.41, 5.74) is 1.58. The standard InChI is InChI=1S/C11H7Br2NO2/c12-11(13)10(15)9-6-8(14-16-9)7-4-2-1-3-5-7/h1-6,11H. The van der Waals surface area contributed by atoms with Crippen LogP contribution in [0.15, 0.2) is 40.9 Å². The molecule has 0 unspecified atom stereocenters. The summed E-state index contributed by atoms with van der Waals surface area (Å²) in [5.74, 6) is 0.0484. The van der Waals surface area contributed by atoms with E-state index < -0.39 is 3.74 Å². The van der Waals surface area contributed by atoms with Crippen LogP contribution in [0.1, 0.15) is 10.6 Å². The zero-order valence-corrected chi connectivity index (χ0v) is 11.2. The predicted octanol–water partition coefficient (Wildman–Crippen LogP) is 3.64. The molecule has 0 fully saturated rings. The zero-order chi connectivity index (χ0) is 11.5. The number of carbonyl (C=O) groups excluding carboxylic acids is 1. The van der Waals surface area contributed by atoms with E-state index in [1.165, 1.54) is 0 Å². The molecule has 0 saturated carbocycles. The van der Waals surface area contributed by atoms with Crippen molar-refractivity contribution in [1.29, 1.82) is 0 Å². The first-order valence-corrected chi connectivity index (χ1v) is 6.36. The fourth-order valence-electron chi connectivity index (χ4n) is 1.24. The van der Waals surface area contributed by atoms with Crippen molar-refractivity contribution in [2.75, 3.05) is 0 Å². The molecule has 2 aromatic rings. The third kappa shape index (κ3) is 2.41. The topological polar surface area (TPSA) is 43.1 Å². The van der Waals surface area contributed by atoms with Gasteiger partial charge >= 0.3 is 0 Å². The lowest BCUT2D eigenvalue weighted by Crippen LogP contribution is -2.05. The Kier molecular flexibility index (Phi) is 3.56. The molecule has 82 valence electrons. The number of hydrogen-bond donors (Lipinski definition) is 0.